The van der Waals surface area contributed by atoms with E-state index in [1.165, 1.54) is 38.5 Å². The minimum absolute atomic E-state index is 0.0553. The standard InChI is InChI=1S/C17H19N2O6P/c1-24-26(23,25-2)16(18-17(20)14-6-4-3-5-7-14)12-13-8-10-15(11-9-13)19(21)22/h3-11,16H,12H2,1-2H3,(H,18,20)/t16-/m0/s1. The van der Waals surface area contributed by atoms with Gasteiger partial charge in [-0.15, -0.1) is 0 Å². The number of carbonyl (C=O) groups is 1. The second-order valence-corrected chi connectivity index (χ2v) is 7.82. The van der Waals surface area contributed by atoms with Crippen LogP contribution in [0.1, 0.15) is 15.9 Å². The summed E-state index contributed by atoms with van der Waals surface area (Å²) in [7, 11) is -1.15. The first-order valence-corrected chi connectivity index (χ1v) is 9.31. The van der Waals surface area contributed by atoms with E-state index >= 15 is 0 Å². The lowest BCUT2D eigenvalue weighted by atomic mass is 10.1. The van der Waals surface area contributed by atoms with E-state index in [0.717, 1.165) is 0 Å². The van der Waals surface area contributed by atoms with Gasteiger partial charge >= 0.3 is 7.60 Å². The molecule has 1 atom stereocenters. The Hall–Kier alpha value is -2.54. The Morgan fingerprint density at radius 3 is 2.19 bits per heavy atom. The number of rotatable bonds is 8. The van der Waals surface area contributed by atoms with Crippen molar-refractivity contribution in [2.45, 2.75) is 12.2 Å². The molecular formula is C17H19N2O6P. The van der Waals surface area contributed by atoms with E-state index in [1.54, 1.807) is 30.3 Å². The largest absolute Gasteiger partial charge is 0.352 e. The number of non-ortho nitro benzene ring substituents is 1. The molecule has 2 aromatic rings. The Kier molecular flexibility index (Phi) is 6.63. The highest BCUT2D eigenvalue weighted by Crippen LogP contribution is 2.51. The number of hydrogen-bond donors (Lipinski definition) is 1. The van der Waals surface area contributed by atoms with Gasteiger partial charge in [0.15, 0.2) is 0 Å². The van der Waals surface area contributed by atoms with Gasteiger partial charge in [-0.05, 0) is 17.7 Å². The molecule has 2 aromatic carbocycles. The third-order valence-electron chi connectivity index (χ3n) is 3.80. The molecule has 0 bridgehead atoms. The van der Waals surface area contributed by atoms with Crippen LogP contribution in [0.2, 0.25) is 0 Å². The predicted molar refractivity (Wildman–Crippen MR) is 96.1 cm³/mol. The molecule has 0 saturated heterocycles. The quantitative estimate of drug-likeness (QED) is 0.429. The van der Waals surface area contributed by atoms with E-state index in [9.17, 15) is 19.5 Å². The van der Waals surface area contributed by atoms with Crippen molar-refractivity contribution in [2.75, 3.05) is 14.2 Å². The smallest absolute Gasteiger partial charge is 0.338 e. The van der Waals surface area contributed by atoms with Crippen molar-refractivity contribution in [3.05, 3.63) is 75.8 Å². The third kappa shape index (κ3) is 4.76. The molecule has 0 aliphatic heterocycles. The number of nitrogens with one attached hydrogen (secondary N) is 1. The molecule has 0 aliphatic carbocycles. The van der Waals surface area contributed by atoms with Crippen LogP contribution in [-0.4, -0.2) is 30.8 Å². The van der Waals surface area contributed by atoms with Gasteiger partial charge in [0.05, 0.1) is 4.92 Å². The monoisotopic (exact) mass is 378 g/mol. The summed E-state index contributed by atoms with van der Waals surface area (Å²) in [5, 5.41) is 13.4. The summed E-state index contributed by atoms with van der Waals surface area (Å²) in [4.78, 5) is 22.7. The molecule has 9 heteroatoms. The maximum absolute atomic E-state index is 12.8. The first-order chi connectivity index (χ1) is 12.4. The lowest BCUT2D eigenvalue weighted by Crippen LogP contribution is -2.37. The Labute approximate surface area is 150 Å². The van der Waals surface area contributed by atoms with E-state index in [0.29, 0.717) is 11.1 Å². The van der Waals surface area contributed by atoms with Crippen LogP contribution in [0, 0.1) is 10.1 Å². The number of amides is 1. The van der Waals surface area contributed by atoms with Crippen molar-refractivity contribution in [2.24, 2.45) is 0 Å². The molecule has 1 N–H and O–H groups in total. The molecule has 0 spiro atoms. The van der Waals surface area contributed by atoms with Gasteiger partial charge in [-0.1, -0.05) is 30.3 Å². The first-order valence-electron chi connectivity index (χ1n) is 7.70. The number of nitrogens with zero attached hydrogens (tertiary/aromatic N) is 1. The maximum atomic E-state index is 12.8. The lowest BCUT2D eigenvalue weighted by Gasteiger charge is -2.25. The summed E-state index contributed by atoms with van der Waals surface area (Å²) in [6, 6.07) is 14.2. The van der Waals surface area contributed by atoms with Crippen molar-refractivity contribution in [1.82, 2.24) is 5.32 Å². The highest BCUT2D eigenvalue weighted by atomic mass is 31.2. The molecular weight excluding hydrogens is 359 g/mol. The van der Waals surface area contributed by atoms with Crippen LogP contribution in [0.15, 0.2) is 54.6 Å². The molecule has 0 aromatic heterocycles. The summed E-state index contributed by atoms with van der Waals surface area (Å²) in [5.74, 6) is -1.38. The summed E-state index contributed by atoms with van der Waals surface area (Å²) in [6.07, 6.45) is 0.121. The fraction of sp³-hybridized carbons (Fsp3) is 0.235. The summed E-state index contributed by atoms with van der Waals surface area (Å²) < 4.78 is 22.9. The highest BCUT2D eigenvalue weighted by Gasteiger charge is 2.35. The second-order valence-electron chi connectivity index (χ2n) is 5.39. The molecule has 26 heavy (non-hydrogen) atoms. The van der Waals surface area contributed by atoms with Gasteiger partial charge in [-0.25, -0.2) is 0 Å². The number of carbonyl (C=O) groups excluding carboxylic acids is 1. The van der Waals surface area contributed by atoms with E-state index in [4.69, 9.17) is 9.05 Å². The van der Waals surface area contributed by atoms with E-state index < -0.39 is 24.2 Å². The van der Waals surface area contributed by atoms with Crippen LogP contribution in [0.4, 0.5) is 5.69 Å². The van der Waals surface area contributed by atoms with Gasteiger partial charge in [0.25, 0.3) is 11.6 Å². The maximum Gasteiger partial charge on any atom is 0.352 e. The van der Waals surface area contributed by atoms with Gasteiger partial charge < -0.3 is 14.4 Å². The zero-order chi connectivity index (χ0) is 19.2. The van der Waals surface area contributed by atoms with Gasteiger partial charge in [0, 0.05) is 38.3 Å². The summed E-state index contributed by atoms with van der Waals surface area (Å²) >= 11 is 0. The van der Waals surface area contributed by atoms with Gasteiger partial charge in [0.2, 0.25) is 0 Å². The zero-order valence-corrected chi connectivity index (χ0v) is 15.2. The molecule has 2 rings (SSSR count). The predicted octanol–water partition coefficient (Wildman–Crippen LogP) is 3.38. The van der Waals surface area contributed by atoms with Crippen molar-refractivity contribution in [3.63, 3.8) is 0 Å². The molecule has 138 valence electrons. The Balaban J connectivity index is 2.25. The van der Waals surface area contributed by atoms with Crippen molar-refractivity contribution >= 4 is 19.2 Å². The fourth-order valence-electron chi connectivity index (χ4n) is 2.37. The number of benzene rings is 2. The minimum atomic E-state index is -3.63. The van der Waals surface area contributed by atoms with Gasteiger partial charge in [0.1, 0.15) is 5.78 Å². The van der Waals surface area contributed by atoms with Crippen LogP contribution < -0.4 is 5.32 Å². The Bertz CT molecular complexity index is 802. The summed E-state index contributed by atoms with van der Waals surface area (Å²) in [5.41, 5.74) is 0.989. The SMILES string of the molecule is COP(=O)(OC)[C@@H](Cc1ccc([N+](=O)[O-])cc1)NC(=O)c1ccccc1. The molecule has 8 nitrogen and oxygen atoms in total. The average molecular weight is 378 g/mol. The zero-order valence-electron chi connectivity index (χ0n) is 14.3. The molecule has 0 saturated carbocycles. The minimum Gasteiger partial charge on any atom is -0.338 e. The first kappa shape index (κ1) is 19.8. The molecule has 0 aliphatic rings. The molecule has 0 heterocycles. The van der Waals surface area contributed by atoms with Crippen LogP contribution in [-0.2, 0) is 20.0 Å². The van der Waals surface area contributed by atoms with Crippen LogP contribution in [0.3, 0.4) is 0 Å². The van der Waals surface area contributed by atoms with Crippen LogP contribution >= 0.6 is 7.60 Å². The third-order valence-corrected chi connectivity index (χ3v) is 5.89. The summed E-state index contributed by atoms with van der Waals surface area (Å²) in [6.45, 7) is 0. The highest BCUT2D eigenvalue weighted by molar-refractivity contribution is 7.54. The van der Waals surface area contributed by atoms with Gasteiger partial charge in [-0.3, -0.25) is 19.5 Å². The second kappa shape index (κ2) is 8.71. The lowest BCUT2D eigenvalue weighted by molar-refractivity contribution is -0.384. The Morgan fingerprint density at radius 2 is 1.69 bits per heavy atom. The molecule has 0 radical (unpaired) electrons. The van der Waals surface area contributed by atoms with Crippen molar-refractivity contribution in [3.8, 4) is 0 Å². The number of hydrogen-bond acceptors (Lipinski definition) is 6. The van der Waals surface area contributed by atoms with Gasteiger partial charge in [-0.2, -0.15) is 0 Å². The number of nitro groups is 1. The topological polar surface area (TPSA) is 108 Å². The fourth-order valence-corrected chi connectivity index (χ4v) is 3.74. The van der Waals surface area contributed by atoms with E-state index in [2.05, 4.69) is 5.32 Å². The van der Waals surface area contributed by atoms with E-state index in [-0.39, 0.29) is 12.1 Å². The van der Waals surface area contributed by atoms with Crippen molar-refractivity contribution in [1.29, 1.82) is 0 Å². The van der Waals surface area contributed by atoms with Crippen LogP contribution in [0.25, 0.3) is 0 Å². The van der Waals surface area contributed by atoms with Crippen LogP contribution in [0.5, 0.6) is 0 Å². The Morgan fingerprint density at radius 1 is 1.12 bits per heavy atom. The normalized spacial score (nSPS) is 12.4. The van der Waals surface area contributed by atoms with E-state index in [1.807, 2.05) is 0 Å². The molecule has 0 fully saturated rings. The number of nitro benzene ring substituents is 1. The molecule has 1 amide bonds. The van der Waals surface area contributed by atoms with Crippen molar-refractivity contribution < 1.29 is 23.3 Å². The average Bonchev–Trinajstić information content (AvgIpc) is 2.67. The molecule has 0 unspecified atom stereocenters.